The molecule has 0 unspecified atom stereocenters. The Bertz CT molecular complexity index is 815. The van der Waals surface area contributed by atoms with Crippen molar-refractivity contribution in [1.29, 1.82) is 0 Å². The van der Waals surface area contributed by atoms with Gasteiger partial charge in [0.05, 0.1) is 6.54 Å². The van der Waals surface area contributed by atoms with E-state index in [0.717, 1.165) is 22.4 Å². The average Bonchev–Trinajstić information content (AvgIpc) is 3.09. The number of hydrogen-bond acceptors (Lipinski definition) is 4. The van der Waals surface area contributed by atoms with E-state index in [9.17, 15) is 4.79 Å². The summed E-state index contributed by atoms with van der Waals surface area (Å²) in [6.07, 6.45) is 0. The van der Waals surface area contributed by atoms with Crippen LogP contribution < -0.4 is 4.90 Å². The number of benzene rings is 2. The third-order valence-electron chi connectivity index (χ3n) is 3.82. The quantitative estimate of drug-likeness (QED) is 0.729. The van der Waals surface area contributed by atoms with Crippen LogP contribution in [0, 0.1) is 13.8 Å². The highest BCUT2D eigenvalue weighted by Gasteiger charge is 2.22. The Hall–Kier alpha value is -2.53. The van der Waals surface area contributed by atoms with Gasteiger partial charge in [0, 0.05) is 11.1 Å². The van der Waals surface area contributed by atoms with E-state index >= 15 is 0 Å². The van der Waals surface area contributed by atoms with Gasteiger partial charge in [-0.2, -0.15) is 0 Å². The molecule has 0 bridgehead atoms. The average molecular weight is 323 g/mol. The molecule has 0 N–H and O–H groups in total. The molecule has 5 heteroatoms. The Morgan fingerprint density at radius 3 is 2.39 bits per heavy atom. The highest BCUT2D eigenvalue weighted by atomic mass is 32.1. The standard InChI is InChI=1S/C18H17N3OS/c1-13-7-3-5-9-15(13)11-21(17-10-6-4-8-14(17)2)18(22)16-12-23-20-19-16/h3-10,12H,11H2,1-2H3. The normalized spacial score (nSPS) is 10.5. The Balaban J connectivity index is 2.02. The molecule has 0 fully saturated rings. The summed E-state index contributed by atoms with van der Waals surface area (Å²) in [5, 5.41) is 5.62. The van der Waals surface area contributed by atoms with Crippen molar-refractivity contribution in [2.45, 2.75) is 20.4 Å². The second kappa shape index (κ2) is 6.71. The SMILES string of the molecule is Cc1ccccc1CN(C(=O)c1csnn1)c1ccccc1C. The molecule has 0 saturated heterocycles. The van der Waals surface area contributed by atoms with Crippen LogP contribution in [0.15, 0.2) is 53.9 Å². The molecule has 0 radical (unpaired) electrons. The second-order valence-corrected chi connectivity index (χ2v) is 6.00. The van der Waals surface area contributed by atoms with Gasteiger partial charge in [-0.1, -0.05) is 47.0 Å². The number of carbonyl (C=O) groups excluding carboxylic acids is 1. The van der Waals surface area contributed by atoms with E-state index in [-0.39, 0.29) is 5.91 Å². The molecule has 4 nitrogen and oxygen atoms in total. The van der Waals surface area contributed by atoms with Gasteiger partial charge in [-0.25, -0.2) is 0 Å². The van der Waals surface area contributed by atoms with Gasteiger partial charge in [0.25, 0.3) is 5.91 Å². The van der Waals surface area contributed by atoms with Crippen molar-refractivity contribution in [2.75, 3.05) is 4.90 Å². The number of aryl methyl sites for hydroxylation is 2. The van der Waals surface area contributed by atoms with Crippen molar-refractivity contribution >= 4 is 23.1 Å². The summed E-state index contributed by atoms with van der Waals surface area (Å²) in [4.78, 5) is 14.7. The summed E-state index contributed by atoms with van der Waals surface area (Å²) < 4.78 is 3.81. The number of anilines is 1. The molecule has 1 aromatic heterocycles. The fraction of sp³-hybridized carbons (Fsp3) is 0.167. The first-order chi connectivity index (χ1) is 11.2. The summed E-state index contributed by atoms with van der Waals surface area (Å²) in [6.45, 7) is 4.57. The van der Waals surface area contributed by atoms with E-state index in [2.05, 4.69) is 22.6 Å². The monoisotopic (exact) mass is 323 g/mol. The summed E-state index contributed by atoms with van der Waals surface area (Å²) in [5.74, 6) is -0.128. The molecule has 1 amide bonds. The van der Waals surface area contributed by atoms with Gasteiger partial charge in [-0.05, 0) is 48.1 Å². The maximum absolute atomic E-state index is 12.9. The van der Waals surface area contributed by atoms with Crippen LogP contribution in [0.3, 0.4) is 0 Å². The highest BCUT2D eigenvalue weighted by Crippen LogP contribution is 2.24. The minimum absolute atomic E-state index is 0.128. The molecule has 0 aliphatic carbocycles. The van der Waals surface area contributed by atoms with Gasteiger partial charge in [-0.3, -0.25) is 4.79 Å². The van der Waals surface area contributed by atoms with E-state index in [1.807, 2.05) is 49.4 Å². The van der Waals surface area contributed by atoms with Crippen molar-refractivity contribution in [3.63, 3.8) is 0 Å². The molecular formula is C18H17N3OS. The van der Waals surface area contributed by atoms with Gasteiger partial charge in [0.15, 0.2) is 5.69 Å². The van der Waals surface area contributed by atoms with Gasteiger partial charge >= 0.3 is 0 Å². The van der Waals surface area contributed by atoms with E-state index in [4.69, 9.17) is 0 Å². The van der Waals surface area contributed by atoms with Crippen LogP contribution in [-0.2, 0) is 6.54 Å². The van der Waals surface area contributed by atoms with Crippen LogP contribution in [0.2, 0.25) is 0 Å². The molecule has 2 aromatic carbocycles. The van der Waals surface area contributed by atoms with Crippen LogP contribution in [0.5, 0.6) is 0 Å². The first-order valence-electron chi connectivity index (χ1n) is 7.36. The summed E-state index contributed by atoms with van der Waals surface area (Å²) in [5.41, 5.74) is 4.61. The number of amides is 1. The van der Waals surface area contributed by atoms with Crippen LogP contribution in [0.4, 0.5) is 5.69 Å². The van der Waals surface area contributed by atoms with Crippen molar-refractivity contribution in [1.82, 2.24) is 9.59 Å². The minimum atomic E-state index is -0.128. The zero-order valence-corrected chi connectivity index (χ0v) is 13.9. The molecule has 0 aliphatic heterocycles. The number of para-hydroxylation sites is 1. The van der Waals surface area contributed by atoms with Gasteiger partial charge in [0.2, 0.25) is 0 Å². The maximum atomic E-state index is 12.9. The molecule has 116 valence electrons. The minimum Gasteiger partial charge on any atom is -0.302 e. The third-order valence-corrected chi connectivity index (χ3v) is 4.32. The molecule has 1 heterocycles. The second-order valence-electron chi connectivity index (χ2n) is 5.39. The van der Waals surface area contributed by atoms with Gasteiger partial charge < -0.3 is 4.90 Å². The van der Waals surface area contributed by atoms with Crippen molar-refractivity contribution < 1.29 is 4.79 Å². The van der Waals surface area contributed by atoms with Crippen molar-refractivity contribution in [3.8, 4) is 0 Å². The first-order valence-corrected chi connectivity index (χ1v) is 8.19. The Kier molecular flexibility index (Phi) is 4.48. The van der Waals surface area contributed by atoms with Crippen LogP contribution >= 0.6 is 11.5 Å². The maximum Gasteiger partial charge on any atom is 0.280 e. The topological polar surface area (TPSA) is 46.1 Å². The lowest BCUT2D eigenvalue weighted by Gasteiger charge is -2.24. The summed E-state index contributed by atoms with van der Waals surface area (Å²) >= 11 is 1.19. The summed E-state index contributed by atoms with van der Waals surface area (Å²) in [6, 6.07) is 16.0. The zero-order chi connectivity index (χ0) is 16.2. The van der Waals surface area contributed by atoms with E-state index in [1.165, 1.54) is 11.5 Å². The lowest BCUT2D eigenvalue weighted by Crippen LogP contribution is -2.31. The van der Waals surface area contributed by atoms with Crippen molar-refractivity contribution in [2.24, 2.45) is 0 Å². The van der Waals surface area contributed by atoms with Gasteiger partial charge in [-0.15, -0.1) is 5.10 Å². The number of rotatable bonds is 4. The molecule has 0 aliphatic rings. The molecule has 3 rings (SSSR count). The first kappa shape index (κ1) is 15.4. The van der Waals surface area contributed by atoms with E-state index in [0.29, 0.717) is 12.2 Å². The fourth-order valence-corrected chi connectivity index (χ4v) is 2.92. The molecule has 0 spiro atoms. The van der Waals surface area contributed by atoms with Crippen LogP contribution in [-0.4, -0.2) is 15.5 Å². The zero-order valence-electron chi connectivity index (χ0n) is 13.1. The number of nitrogens with zero attached hydrogens (tertiary/aromatic N) is 3. The molecule has 0 atom stereocenters. The number of carbonyl (C=O) groups is 1. The van der Waals surface area contributed by atoms with E-state index < -0.39 is 0 Å². The number of aromatic nitrogens is 2. The van der Waals surface area contributed by atoms with Crippen LogP contribution in [0.1, 0.15) is 27.2 Å². The highest BCUT2D eigenvalue weighted by molar-refractivity contribution is 7.03. The fourth-order valence-electron chi connectivity index (χ4n) is 2.49. The Morgan fingerprint density at radius 2 is 1.74 bits per heavy atom. The molecule has 3 aromatic rings. The molecule has 0 saturated carbocycles. The Labute approximate surface area is 139 Å². The summed E-state index contributed by atoms with van der Waals surface area (Å²) in [7, 11) is 0. The molecule has 23 heavy (non-hydrogen) atoms. The number of hydrogen-bond donors (Lipinski definition) is 0. The predicted molar refractivity (Wildman–Crippen MR) is 92.8 cm³/mol. The predicted octanol–water partition coefficient (Wildman–Crippen LogP) is 4.00. The largest absolute Gasteiger partial charge is 0.302 e. The van der Waals surface area contributed by atoms with E-state index in [1.54, 1.807) is 10.3 Å². The lowest BCUT2D eigenvalue weighted by molar-refractivity contribution is 0.0980. The third kappa shape index (κ3) is 3.29. The molecular weight excluding hydrogens is 306 g/mol. The lowest BCUT2D eigenvalue weighted by atomic mass is 10.1. The van der Waals surface area contributed by atoms with Crippen LogP contribution in [0.25, 0.3) is 0 Å². The smallest absolute Gasteiger partial charge is 0.280 e. The Morgan fingerprint density at radius 1 is 1.04 bits per heavy atom. The van der Waals surface area contributed by atoms with Gasteiger partial charge in [0.1, 0.15) is 0 Å². The van der Waals surface area contributed by atoms with Crippen molar-refractivity contribution in [3.05, 3.63) is 76.3 Å².